The van der Waals surface area contributed by atoms with Crippen LogP contribution in [-0.2, 0) is 4.79 Å². The first-order valence-corrected chi connectivity index (χ1v) is 7.96. The molecule has 3 aromatic rings. The van der Waals surface area contributed by atoms with E-state index in [1.54, 1.807) is 6.08 Å². The van der Waals surface area contributed by atoms with Gasteiger partial charge in [0.15, 0.2) is 0 Å². The topological polar surface area (TPSA) is 54.6 Å². The van der Waals surface area contributed by atoms with E-state index < -0.39 is 5.97 Å². The number of carboxylic acid groups (broad SMARTS) is 1. The number of fused-ring (bicyclic) bond motifs is 1. The van der Waals surface area contributed by atoms with Gasteiger partial charge in [-0.1, -0.05) is 38.1 Å². The molecule has 0 aliphatic rings. The molecule has 3 rings (SSSR count). The molecule has 0 bridgehead atoms. The second-order valence-corrected chi connectivity index (χ2v) is 6.23. The third-order valence-electron chi connectivity index (χ3n) is 4.05. The van der Waals surface area contributed by atoms with Gasteiger partial charge in [0.05, 0.1) is 11.4 Å². The Hall–Kier alpha value is -2.88. The Morgan fingerprint density at radius 3 is 2.54 bits per heavy atom. The van der Waals surface area contributed by atoms with Crippen molar-refractivity contribution in [2.24, 2.45) is 0 Å². The molecule has 1 N–H and O–H groups in total. The van der Waals surface area contributed by atoms with Crippen molar-refractivity contribution in [2.75, 3.05) is 0 Å². The second-order valence-electron chi connectivity index (χ2n) is 6.23. The third kappa shape index (κ3) is 3.08. The maximum atomic E-state index is 10.9. The SMILES string of the molecule is Cc1ccn2c(/C=C/C(=O)O)c(-c3ccc(C(C)C)cc3)nc2c1. The molecule has 122 valence electrons. The van der Waals surface area contributed by atoms with Crippen LogP contribution in [0.15, 0.2) is 48.7 Å². The molecule has 24 heavy (non-hydrogen) atoms. The number of aryl methyl sites for hydroxylation is 1. The van der Waals surface area contributed by atoms with Gasteiger partial charge >= 0.3 is 5.97 Å². The molecule has 2 heterocycles. The zero-order valence-corrected chi connectivity index (χ0v) is 14.0. The van der Waals surface area contributed by atoms with Crippen LogP contribution in [0.25, 0.3) is 23.0 Å². The molecule has 0 fully saturated rings. The van der Waals surface area contributed by atoms with Crippen LogP contribution in [0.4, 0.5) is 0 Å². The molecule has 0 radical (unpaired) electrons. The van der Waals surface area contributed by atoms with Crippen LogP contribution in [0, 0.1) is 6.92 Å². The smallest absolute Gasteiger partial charge is 0.328 e. The fourth-order valence-corrected chi connectivity index (χ4v) is 2.71. The quantitative estimate of drug-likeness (QED) is 0.719. The Bertz CT molecular complexity index is 919. The molecule has 0 spiro atoms. The number of hydrogen-bond donors (Lipinski definition) is 1. The minimum absolute atomic E-state index is 0.467. The van der Waals surface area contributed by atoms with Gasteiger partial charge in [-0.3, -0.25) is 4.40 Å². The van der Waals surface area contributed by atoms with Crippen molar-refractivity contribution in [1.82, 2.24) is 9.38 Å². The lowest BCUT2D eigenvalue weighted by Gasteiger charge is -2.06. The average Bonchev–Trinajstić information content (AvgIpc) is 2.90. The van der Waals surface area contributed by atoms with Crippen LogP contribution in [0.5, 0.6) is 0 Å². The van der Waals surface area contributed by atoms with Crippen molar-refractivity contribution in [3.05, 3.63) is 65.5 Å². The molecule has 4 nitrogen and oxygen atoms in total. The predicted octanol–water partition coefficient (Wildman–Crippen LogP) is 4.53. The standard InChI is InChI=1S/C20H20N2O2/c1-13(2)15-4-6-16(7-5-15)20-17(8-9-19(23)24)22-11-10-14(3)12-18(22)21-20/h4-13H,1-3H3,(H,23,24)/b9-8+. The van der Waals surface area contributed by atoms with Gasteiger partial charge in [-0.2, -0.15) is 0 Å². The predicted molar refractivity (Wildman–Crippen MR) is 96.1 cm³/mol. The summed E-state index contributed by atoms with van der Waals surface area (Å²) < 4.78 is 1.91. The Morgan fingerprint density at radius 1 is 1.21 bits per heavy atom. The minimum atomic E-state index is -0.974. The summed E-state index contributed by atoms with van der Waals surface area (Å²) in [6, 6.07) is 12.3. The summed E-state index contributed by atoms with van der Waals surface area (Å²) in [6.07, 6.45) is 4.67. The number of rotatable bonds is 4. The Kier molecular flexibility index (Phi) is 4.21. The lowest BCUT2D eigenvalue weighted by Crippen LogP contribution is -1.92. The lowest BCUT2D eigenvalue weighted by atomic mass is 10.0. The Labute approximate surface area is 141 Å². The van der Waals surface area contributed by atoms with Crippen LogP contribution in [0.2, 0.25) is 0 Å². The number of carboxylic acids is 1. The highest BCUT2D eigenvalue weighted by atomic mass is 16.4. The van der Waals surface area contributed by atoms with E-state index in [2.05, 4.69) is 26.0 Å². The summed E-state index contributed by atoms with van der Waals surface area (Å²) >= 11 is 0. The molecule has 0 saturated heterocycles. The number of nitrogens with zero attached hydrogens (tertiary/aromatic N) is 2. The van der Waals surface area contributed by atoms with E-state index in [0.717, 1.165) is 34.2 Å². The summed E-state index contributed by atoms with van der Waals surface area (Å²) in [7, 11) is 0. The molecule has 0 saturated carbocycles. The lowest BCUT2D eigenvalue weighted by molar-refractivity contribution is -0.131. The van der Waals surface area contributed by atoms with Crippen molar-refractivity contribution >= 4 is 17.7 Å². The van der Waals surface area contributed by atoms with Crippen molar-refractivity contribution in [1.29, 1.82) is 0 Å². The summed E-state index contributed by atoms with van der Waals surface area (Å²) in [5.74, 6) is -0.507. The van der Waals surface area contributed by atoms with E-state index >= 15 is 0 Å². The highest BCUT2D eigenvalue weighted by molar-refractivity contribution is 5.87. The zero-order chi connectivity index (χ0) is 17.3. The maximum Gasteiger partial charge on any atom is 0.328 e. The van der Waals surface area contributed by atoms with Crippen molar-refractivity contribution in [2.45, 2.75) is 26.7 Å². The van der Waals surface area contributed by atoms with E-state index in [-0.39, 0.29) is 0 Å². The van der Waals surface area contributed by atoms with Crippen LogP contribution >= 0.6 is 0 Å². The van der Waals surface area contributed by atoms with Crippen LogP contribution in [0.1, 0.15) is 36.6 Å². The summed E-state index contributed by atoms with van der Waals surface area (Å²) in [5, 5.41) is 8.97. The molecule has 0 aliphatic heterocycles. The number of aliphatic carboxylic acids is 1. The molecule has 0 unspecified atom stereocenters. The normalized spacial score (nSPS) is 11.7. The monoisotopic (exact) mass is 320 g/mol. The average molecular weight is 320 g/mol. The second kappa shape index (κ2) is 6.32. The number of hydrogen-bond acceptors (Lipinski definition) is 2. The van der Waals surface area contributed by atoms with E-state index in [1.807, 2.05) is 41.8 Å². The summed E-state index contributed by atoms with van der Waals surface area (Å²) in [4.78, 5) is 15.7. The van der Waals surface area contributed by atoms with Crippen molar-refractivity contribution < 1.29 is 9.90 Å². The molecule has 1 aromatic carbocycles. The first-order chi connectivity index (χ1) is 11.5. The number of imidazole rings is 1. The van der Waals surface area contributed by atoms with E-state index in [0.29, 0.717) is 5.92 Å². The number of carbonyl (C=O) groups is 1. The van der Waals surface area contributed by atoms with Crippen LogP contribution in [0.3, 0.4) is 0 Å². The van der Waals surface area contributed by atoms with Gasteiger partial charge in [0.2, 0.25) is 0 Å². The van der Waals surface area contributed by atoms with Gasteiger partial charge in [-0.15, -0.1) is 0 Å². The number of aromatic nitrogens is 2. The Morgan fingerprint density at radius 2 is 1.92 bits per heavy atom. The molecule has 0 amide bonds. The molecular weight excluding hydrogens is 300 g/mol. The van der Waals surface area contributed by atoms with Gasteiger partial charge in [-0.25, -0.2) is 9.78 Å². The van der Waals surface area contributed by atoms with Gasteiger partial charge < -0.3 is 5.11 Å². The molecule has 0 atom stereocenters. The van der Waals surface area contributed by atoms with Crippen LogP contribution in [-0.4, -0.2) is 20.5 Å². The van der Waals surface area contributed by atoms with Gasteiger partial charge in [-0.05, 0) is 42.2 Å². The van der Waals surface area contributed by atoms with Gasteiger partial charge in [0, 0.05) is 17.8 Å². The summed E-state index contributed by atoms with van der Waals surface area (Å²) in [5.41, 5.74) is 5.72. The van der Waals surface area contributed by atoms with Crippen molar-refractivity contribution in [3.63, 3.8) is 0 Å². The molecule has 4 heteroatoms. The molecular formula is C20H20N2O2. The van der Waals surface area contributed by atoms with E-state index in [4.69, 9.17) is 10.1 Å². The van der Waals surface area contributed by atoms with E-state index in [9.17, 15) is 4.79 Å². The first-order valence-electron chi connectivity index (χ1n) is 7.96. The van der Waals surface area contributed by atoms with Gasteiger partial charge in [0.25, 0.3) is 0 Å². The zero-order valence-electron chi connectivity index (χ0n) is 14.0. The number of pyridine rings is 1. The summed E-state index contributed by atoms with van der Waals surface area (Å²) in [6.45, 7) is 6.33. The minimum Gasteiger partial charge on any atom is -0.478 e. The van der Waals surface area contributed by atoms with Crippen molar-refractivity contribution in [3.8, 4) is 11.3 Å². The Balaban J connectivity index is 2.18. The molecule has 0 aliphatic carbocycles. The highest BCUT2D eigenvalue weighted by Crippen LogP contribution is 2.27. The third-order valence-corrected chi connectivity index (χ3v) is 4.05. The fraction of sp³-hybridized carbons (Fsp3) is 0.200. The highest BCUT2D eigenvalue weighted by Gasteiger charge is 2.13. The van der Waals surface area contributed by atoms with E-state index in [1.165, 1.54) is 5.56 Å². The first kappa shape index (κ1) is 16.0. The van der Waals surface area contributed by atoms with Crippen LogP contribution < -0.4 is 0 Å². The van der Waals surface area contributed by atoms with Gasteiger partial charge in [0.1, 0.15) is 5.65 Å². The number of benzene rings is 1. The maximum absolute atomic E-state index is 10.9. The largest absolute Gasteiger partial charge is 0.478 e. The molecule has 2 aromatic heterocycles. The fourth-order valence-electron chi connectivity index (χ4n) is 2.71.